The SMILES string of the molecule is CCN(c1cccc(F)c1)c1ncccc1C(N)=NO. The summed E-state index contributed by atoms with van der Waals surface area (Å²) in [6.45, 7) is 2.47. The van der Waals surface area contributed by atoms with Crippen LogP contribution in [0.5, 0.6) is 0 Å². The number of benzene rings is 1. The van der Waals surface area contributed by atoms with Crippen LogP contribution in [0.25, 0.3) is 0 Å². The molecule has 2 rings (SSSR count). The molecule has 1 aromatic carbocycles. The van der Waals surface area contributed by atoms with Crippen molar-refractivity contribution in [3.63, 3.8) is 0 Å². The first kappa shape index (κ1) is 13.8. The number of amidine groups is 1. The van der Waals surface area contributed by atoms with Crippen LogP contribution in [0.4, 0.5) is 15.9 Å². The van der Waals surface area contributed by atoms with E-state index in [1.165, 1.54) is 12.1 Å². The van der Waals surface area contributed by atoms with Gasteiger partial charge < -0.3 is 15.8 Å². The fraction of sp³-hybridized carbons (Fsp3) is 0.143. The van der Waals surface area contributed by atoms with E-state index in [0.717, 1.165) is 0 Å². The summed E-state index contributed by atoms with van der Waals surface area (Å²) in [4.78, 5) is 6.04. The lowest BCUT2D eigenvalue weighted by molar-refractivity contribution is 0.318. The molecule has 1 heterocycles. The molecule has 0 saturated heterocycles. The third-order valence-corrected chi connectivity index (χ3v) is 2.86. The van der Waals surface area contributed by atoms with Gasteiger partial charge in [0.25, 0.3) is 0 Å². The van der Waals surface area contributed by atoms with Crippen LogP contribution in [0.3, 0.4) is 0 Å². The maximum atomic E-state index is 13.4. The zero-order valence-corrected chi connectivity index (χ0v) is 11.0. The number of pyridine rings is 1. The van der Waals surface area contributed by atoms with E-state index in [9.17, 15) is 4.39 Å². The van der Waals surface area contributed by atoms with Crippen LogP contribution in [-0.4, -0.2) is 22.6 Å². The molecule has 0 unspecified atom stereocenters. The predicted molar refractivity (Wildman–Crippen MR) is 75.8 cm³/mol. The number of nitrogens with zero attached hydrogens (tertiary/aromatic N) is 3. The van der Waals surface area contributed by atoms with Crippen LogP contribution >= 0.6 is 0 Å². The number of anilines is 2. The summed E-state index contributed by atoms with van der Waals surface area (Å²) in [5.74, 6) is 0.140. The lowest BCUT2D eigenvalue weighted by Crippen LogP contribution is -2.23. The highest BCUT2D eigenvalue weighted by molar-refractivity contribution is 6.02. The molecule has 0 bridgehead atoms. The van der Waals surface area contributed by atoms with Crippen LogP contribution in [0.1, 0.15) is 12.5 Å². The van der Waals surface area contributed by atoms with Gasteiger partial charge in [-0.3, -0.25) is 0 Å². The summed E-state index contributed by atoms with van der Waals surface area (Å²) in [7, 11) is 0. The summed E-state index contributed by atoms with van der Waals surface area (Å²) in [5, 5.41) is 11.8. The van der Waals surface area contributed by atoms with Crippen molar-refractivity contribution < 1.29 is 9.60 Å². The van der Waals surface area contributed by atoms with Crippen LogP contribution in [0, 0.1) is 5.82 Å². The molecule has 20 heavy (non-hydrogen) atoms. The highest BCUT2D eigenvalue weighted by atomic mass is 19.1. The second kappa shape index (κ2) is 6.01. The van der Waals surface area contributed by atoms with Crippen LogP contribution in [0.15, 0.2) is 47.8 Å². The van der Waals surface area contributed by atoms with Gasteiger partial charge in [0.15, 0.2) is 5.84 Å². The fourth-order valence-electron chi connectivity index (χ4n) is 1.96. The predicted octanol–water partition coefficient (Wildman–Crippen LogP) is 2.47. The highest BCUT2D eigenvalue weighted by Gasteiger charge is 2.16. The van der Waals surface area contributed by atoms with Crippen LogP contribution < -0.4 is 10.6 Å². The third kappa shape index (κ3) is 2.69. The number of halogens is 1. The van der Waals surface area contributed by atoms with E-state index in [1.807, 2.05) is 6.92 Å². The van der Waals surface area contributed by atoms with Gasteiger partial charge in [-0.15, -0.1) is 0 Å². The molecule has 0 aliphatic carbocycles. The minimum atomic E-state index is -0.331. The first-order valence-electron chi connectivity index (χ1n) is 6.13. The Morgan fingerprint density at radius 3 is 2.85 bits per heavy atom. The molecule has 3 N–H and O–H groups in total. The number of oxime groups is 1. The minimum Gasteiger partial charge on any atom is -0.409 e. The van der Waals surface area contributed by atoms with Gasteiger partial charge in [-0.05, 0) is 37.3 Å². The molecule has 6 heteroatoms. The number of rotatable bonds is 4. The van der Waals surface area contributed by atoms with Gasteiger partial charge >= 0.3 is 0 Å². The first-order chi connectivity index (χ1) is 9.67. The molecule has 0 aliphatic rings. The van der Waals surface area contributed by atoms with Gasteiger partial charge in [-0.2, -0.15) is 0 Å². The average molecular weight is 274 g/mol. The van der Waals surface area contributed by atoms with Crippen molar-refractivity contribution in [2.24, 2.45) is 10.9 Å². The lowest BCUT2D eigenvalue weighted by Gasteiger charge is -2.24. The average Bonchev–Trinajstić information content (AvgIpc) is 2.48. The number of hydrogen-bond acceptors (Lipinski definition) is 4. The highest BCUT2D eigenvalue weighted by Crippen LogP contribution is 2.26. The second-order valence-corrected chi connectivity index (χ2v) is 4.08. The minimum absolute atomic E-state index is 0.0389. The Morgan fingerprint density at radius 2 is 2.20 bits per heavy atom. The van der Waals surface area contributed by atoms with E-state index in [1.54, 1.807) is 35.4 Å². The number of nitrogens with two attached hydrogens (primary N) is 1. The van der Waals surface area contributed by atoms with E-state index in [2.05, 4.69) is 10.1 Å². The molecule has 2 aromatic rings. The Bertz CT molecular complexity index is 630. The largest absolute Gasteiger partial charge is 0.409 e. The second-order valence-electron chi connectivity index (χ2n) is 4.08. The Balaban J connectivity index is 2.53. The van der Waals surface area contributed by atoms with Gasteiger partial charge in [0, 0.05) is 18.4 Å². The van der Waals surface area contributed by atoms with Gasteiger partial charge in [0.2, 0.25) is 0 Å². The molecule has 1 aromatic heterocycles. The molecule has 0 atom stereocenters. The lowest BCUT2D eigenvalue weighted by atomic mass is 10.2. The smallest absolute Gasteiger partial charge is 0.173 e. The quantitative estimate of drug-likeness (QED) is 0.389. The van der Waals surface area contributed by atoms with Gasteiger partial charge in [0.1, 0.15) is 11.6 Å². The third-order valence-electron chi connectivity index (χ3n) is 2.86. The topological polar surface area (TPSA) is 74.7 Å². The van der Waals surface area contributed by atoms with Crippen molar-refractivity contribution in [3.8, 4) is 0 Å². The van der Waals surface area contributed by atoms with Gasteiger partial charge in [-0.1, -0.05) is 11.2 Å². The molecule has 0 aliphatic heterocycles. The number of hydrogen-bond donors (Lipinski definition) is 2. The molecule has 0 radical (unpaired) electrons. The zero-order chi connectivity index (χ0) is 14.5. The first-order valence-corrected chi connectivity index (χ1v) is 6.13. The van der Waals surface area contributed by atoms with Gasteiger partial charge in [0.05, 0.1) is 5.56 Å². The summed E-state index contributed by atoms with van der Waals surface area (Å²) in [6.07, 6.45) is 1.60. The van der Waals surface area contributed by atoms with Crippen molar-refractivity contribution in [3.05, 3.63) is 54.0 Å². The van der Waals surface area contributed by atoms with E-state index in [0.29, 0.717) is 23.6 Å². The van der Waals surface area contributed by atoms with E-state index >= 15 is 0 Å². The van der Waals surface area contributed by atoms with Crippen molar-refractivity contribution in [2.75, 3.05) is 11.4 Å². The summed E-state index contributed by atoms with van der Waals surface area (Å²) >= 11 is 0. The summed E-state index contributed by atoms with van der Waals surface area (Å²) in [6, 6.07) is 9.57. The Labute approximate surface area is 116 Å². The van der Waals surface area contributed by atoms with Crippen LogP contribution in [-0.2, 0) is 0 Å². The molecule has 5 nitrogen and oxygen atoms in total. The monoisotopic (exact) mass is 274 g/mol. The molecule has 104 valence electrons. The molecule has 0 amide bonds. The van der Waals surface area contributed by atoms with Crippen molar-refractivity contribution in [1.82, 2.24) is 4.98 Å². The Kier molecular flexibility index (Phi) is 4.14. The van der Waals surface area contributed by atoms with Gasteiger partial charge in [-0.25, -0.2) is 9.37 Å². The summed E-state index contributed by atoms with van der Waals surface area (Å²) in [5.41, 5.74) is 6.79. The molecule has 0 spiro atoms. The van der Waals surface area contributed by atoms with Crippen molar-refractivity contribution in [1.29, 1.82) is 0 Å². The van der Waals surface area contributed by atoms with Crippen molar-refractivity contribution in [2.45, 2.75) is 6.92 Å². The molecule has 0 fully saturated rings. The molecule has 0 saturated carbocycles. The van der Waals surface area contributed by atoms with E-state index in [-0.39, 0.29) is 11.7 Å². The fourth-order valence-corrected chi connectivity index (χ4v) is 1.96. The molecular formula is C14H15FN4O. The Hall–Kier alpha value is -2.63. The van der Waals surface area contributed by atoms with Crippen molar-refractivity contribution >= 4 is 17.3 Å². The maximum Gasteiger partial charge on any atom is 0.173 e. The Morgan fingerprint density at radius 1 is 1.40 bits per heavy atom. The zero-order valence-electron chi connectivity index (χ0n) is 11.0. The number of aromatic nitrogens is 1. The molecular weight excluding hydrogens is 259 g/mol. The summed E-state index contributed by atoms with van der Waals surface area (Å²) < 4.78 is 13.4. The van der Waals surface area contributed by atoms with E-state index in [4.69, 9.17) is 10.9 Å². The normalized spacial score (nSPS) is 11.4. The maximum absolute atomic E-state index is 13.4. The van der Waals surface area contributed by atoms with Crippen LogP contribution in [0.2, 0.25) is 0 Å². The standard InChI is InChI=1S/C14H15FN4O/c1-2-19(11-6-3-5-10(15)9-11)14-12(13(16)18-20)7-4-8-17-14/h3-9,20H,2H2,1H3,(H2,16,18). The van der Waals surface area contributed by atoms with E-state index < -0.39 is 0 Å².